The van der Waals surface area contributed by atoms with E-state index in [1.807, 2.05) is 66.7 Å². The van der Waals surface area contributed by atoms with Crippen molar-refractivity contribution in [3.05, 3.63) is 84.1 Å². The molecule has 5 heteroatoms. The van der Waals surface area contributed by atoms with Crippen LogP contribution in [-0.2, 0) is 27.2 Å². The Bertz CT molecular complexity index is 1180. The molecule has 152 valence electrons. The average molecular weight is 401 g/mol. The normalized spacial score (nSPS) is 12.0. The maximum absolute atomic E-state index is 12.5. The Balaban J connectivity index is 1.36. The van der Waals surface area contributed by atoms with Gasteiger partial charge in [0.1, 0.15) is 5.58 Å². The first-order valence-electron chi connectivity index (χ1n) is 10.0. The number of hydrogen-bond acceptors (Lipinski definition) is 4. The van der Waals surface area contributed by atoms with E-state index in [1.165, 1.54) is 0 Å². The van der Waals surface area contributed by atoms with Crippen LogP contribution in [0.15, 0.2) is 77.4 Å². The maximum atomic E-state index is 12.5. The average Bonchev–Trinajstić information content (AvgIpc) is 3.17. The lowest BCUT2D eigenvalue weighted by Crippen LogP contribution is -2.37. The van der Waals surface area contributed by atoms with Crippen molar-refractivity contribution in [1.29, 1.82) is 0 Å². The SMILES string of the molecule is C[C@@H](OC(=O)Cc1coc2ccc3ccccc3c12)C(=O)NCCc1ccccc1. The largest absolute Gasteiger partial charge is 0.464 e. The first-order chi connectivity index (χ1) is 14.6. The molecular formula is C25H23NO4. The molecule has 0 aliphatic carbocycles. The van der Waals surface area contributed by atoms with Crippen LogP contribution >= 0.6 is 0 Å². The van der Waals surface area contributed by atoms with Gasteiger partial charge in [0, 0.05) is 17.5 Å². The summed E-state index contributed by atoms with van der Waals surface area (Å²) < 4.78 is 11.0. The van der Waals surface area contributed by atoms with Gasteiger partial charge in [-0.25, -0.2) is 0 Å². The molecule has 0 radical (unpaired) electrons. The van der Waals surface area contributed by atoms with Crippen LogP contribution in [-0.4, -0.2) is 24.5 Å². The van der Waals surface area contributed by atoms with Gasteiger partial charge in [0.15, 0.2) is 6.10 Å². The number of furan rings is 1. The number of nitrogens with one attached hydrogen (secondary N) is 1. The highest BCUT2D eigenvalue weighted by atomic mass is 16.5. The van der Waals surface area contributed by atoms with Gasteiger partial charge in [0.2, 0.25) is 0 Å². The van der Waals surface area contributed by atoms with E-state index in [0.717, 1.165) is 39.3 Å². The van der Waals surface area contributed by atoms with Crippen LogP contribution in [0.1, 0.15) is 18.1 Å². The molecule has 4 aromatic rings. The fourth-order valence-electron chi connectivity index (χ4n) is 3.57. The second kappa shape index (κ2) is 8.82. The molecule has 0 unspecified atom stereocenters. The number of esters is 1. The molecule has 0 fully saturated rings. The van der Waals surface area contributed by atoms with E-state index < -0.39 is 12.1 Å². The number of fused-ring (bicyclic) bond motifs is 3. The highest BCUT2D eigenvalue weighted by Crippen LogP contribution is 2.30. The number of ether oxygens (including phenoxy) is 1. The third-order valence-electron chi connectivity index (χ3n) is 5.11. The third kappa shape index (κ3) is 4.35. The minimum absolute atomic E-state index is 0.0443. The summed E-state index contributed by atoms with van der Waals surface area (Å²) >= 11 is 0. The summed E-state index contributed by atoms with van der Waals surface area (Å²) in [6.07, 6.45) is 1.50. The molecule has 0 saturated heterocycles. The van der Waals surface area contributed by atoms with Crippen molar-refractivity contribution in [1.82, 2.24) is 5.32 Å². The molecule has 0 spiro atoms. The zero-order valence-electron chi connectivity index (χ0n) is 16.8. The second-order valence-electron chi connectivity index (χ2n) is 7.26. The van der Waals surface area contributed by atoms with Gasteiger partial charge in [-0.3, -0.25) is 9.59 Å². The Morgan fingerprint density at radius 2 is 1.77 bits per heavy atom. The van der Waals surface area contributed by atoms with Gasteiger partial charge >= 0.3 is 5.97 Å². The van der Waals surface area contributed by atoms with E-state index >= 15 is 0 Å². The number of benzene rings is 3. The van der Waals surface area contributed by atoms with E-state index in [1.54, 1.807) is 13.2 Å². The highest BCUT2D eigenvalue weighted by Gasteiger charge is 2.19. The Morgan fingerprint density at radius 1 is 1.00 bits per heavy atom. The van der Waals surface area contributed by atoms with Gasteiger partial charge in [0.05, 0.1) is 12.7 Å². The first-order valence-corrected chi connectivity index (χ1v) is 10.0. The molecule has 1 heterocycles. The van der Waals surface area contributed by atoms with Crippen molar-refractivity contribution in [3.63, 3.8) is 0 Å². The molecular weight excluding hydrogens is 378 g/mol. The quantitative estimate of drug-likeness (QED) is 0.466. The molecule has 0 saturated carbocycles. The van der Waals surface area contributed by atoms with E-state index in [2.05, 4.69) is 5.32 Å². The van der Waals surface area contributed by atoms with Crippen LogP contribution < -0.4 is 5.32 Å². The highest BCUT2D eigenvalue weighted by molar-refractivity contribution is 6.08. The molecule has 0 aliphatic rings. The van der Waals surface area contributed by atoms with Crippen molar-refractivity contribution in [2.24, 2.45) is 0 Å². The summed E-state index contributed by atoms with van der Waals surface area (Å²) in [5, 5.41) is 5.82. The van der Waals surface area contributed by atoms with Crippen molar-refractivity contribution in [3.8, 4) is 0 Å². The lowest BCUT2D eigenvalue weighted by atomic mass is 10.0. The third-order valence-corrected chi connectivity index (χ3v) is 5.11. The van der Waals surface area contributed by atoms with Crippen LogP contribution in [0.3, 0.4) is 0 Å². The fourth-order valence-corrected chi connectivity index (χ4v) is 3.57. The lowest BCUT2D eigenvalue weighted by Gasteiger charge is -2.13. The molecule has 5 nitrogen and oxygen atoms in total. The van der Waals surface area contributed by atoms with Crippen LogP contribution in [0.4, 0.5) is 0 Å². The number of carbonyl (C=O) groups is 2. The van der Waals surface area contributed by atoms with Crippen LogP contribution in [0.2, 0.25) is 0 Å². The molecule has 3 aromatic carbocycles. The number of carbonyl (C=O) groups excluding carboxylic acids is 2. The Kier molecular flexibility index (Phi) is 5.80. The smallest absolute Gasteiger partial charge is 0.311 e. The molecule has 1 amide bonds. The zero-order chi connectivity index (χ0) is 20.9. The molecule has 30 heavy (non-hydrogen) atoms. The topological polar surface area (TPSA) is 68.5 Å². The van der Waals surface area contributed by atoms with Crippen molar-refractivity contribution in [2.75, 3.05) is 6.54 Å². The Hall–Kier alpha value is -3.60. The summed E-state index contributed by atoms with van der Waals surface area (Å²) in [5.74, 6) is -0.766. The van der Waals surface area contributed by atoms with Crippen molar-refractivity contribution in [2.45, 2.75) is 25.9 Å². The van der Waals surface area contributed by atoms with E-state index in [-0.39, 0.29) is 12.3 Å². The van der Waals surface area contributed by atoms with Crippen LogP contribution in [0.25, 0.3) is 21.7 Å². The molecule has 1 N–H and O–H groups in total. The summed E-state index contributed by atoms with van der Waals surface area (Å²) in [6, 6.07) is 21.7. The Labute approximate surface area is 174 Å². The van der Waals surface area contributed by atoms with Crippen LogP contribution in [0, 0.1) is 0 Å². The molecule has 4 rings (SSSR count). The first kappa shape index (κ1) is 19.7. The number of rotatable bonds is 7. The fraction of sp³-hybridized carbons (Fsp3) is 0.200. The Morgan fingerprint density at radius 3 is 2.60 bits per heavy atom. The summed E-state index contributed by atoms with van der Waals surface area (Å²) in [6.45, 7) is 2.07. The predicted octanol–water partition coefficient (Wildman–Crippen LogP) is 4.42. The minimum Gasteiger partial charge on any atom is -0.464 e. The number of amides is 1. The monoisotopic (exact) mass is 401 g/mol. The van der Waals surface area contributed by atoms with Crippen molar-refractivity contribution < 1.29 is 18.7 Å². The molecule has 1 atom stereocenters. The predicted molar refractivity (Wildman–Crippen MR) is 116 cm³/mol. The van der Waals surface area contributed by atoms with Gasteiger partial charge in [-0.15, -0.1) is 0 Å². The van der Waals surface area contributed by atoms with Gasteiger partial charge in [-0.1, -0.05) is 60.7 Å². The van der Waals surface area contributed by atoms with Gasteiger partial charge in [-0.2, -0.15) is 0 Å². The van der Waals surface area contributed by atoms with E-state index in [4.69, 9.17) is 9.15 Å². The maximum Gasteiger partial charge on any atom is 0.311 e. The van der Waals surface area contributed by atoms with E-state index in [0.29, 0.717) is 6.54 Å². The second-order valence-corrected chi connectivity index (χ2v) is 7.26. The summed E-state index contributed by atoms with van der Waals surface area (Å²) in [7, 11) is 0. The van der Waals surface area contributed by atoms with Crippen molar-refractivity contribution >= 4 is 33.6 Å². The molecule has 0 aliphatic heterocycles. The zero-order valence-corrected chi connectivity index (χ0v) is 16.8. The van der Waals surface area contributed by atoms with Gasteiger partial charge in [0.25, 0.3) is 5.91 Å². The minimum atomic E-state index is -0.858. The molecule has 1 aromatic heterocycles. The van der Waals surface area contributed by atoms with Gasteiger partial charge in [-0.05, 0) is 35.7 Å². The van der Waals surface area contributed by atoms with Crippen LogP contribution in [0.5, 0.6) is 0 Å². The lowest BCUT2D eigenvalue weighted by molar-refractivity contribution is -0.154. The standard InChI is InChI=1S/C25H23NO4/c1-17(25(28)26-14-13-18-7-3-2-4-8-18)30-23(27)15-20-16-29-22-12-11-19-9-5-6-10-21(19)24(20)22/h2-12,16-17H,13-15H2,1H3,(H,26,28)/t17-/m1/s1. The van der Waals surface area contributed by atoms with E-state index in [9.17, 15) is 9.59 Å². The summed E-state index contributed by atoms with van der Waals surface area (Å²) in [5.41, 5.74) is 2.62. The van der Waals surface area contributed by atoms with Gasteiger partial charge < -0.3 is 14.5 Å². The number of hydrogen-bond donors (Lipinski definition) is 1. The summed E-state index contributed by atoms with van der Waals surface area (Å²) in [4.78, 5) is 24.7. The molecule has 0 bridgehead atoms.